The van der Waals surface area contributed by atoms with Crippen LogP contribution in [0.25, 0.3) is 21.0 Å². The van der Waals surface area contributed by atoms with Crippen LogP contribution in [0.3, 0.4) is 0 Å². The number of oxazole rings is 1. The number of aryl methyl sites for hydroxylation is 1. The molecular formula is C29H34N4O9S2. The number of methoxy groups -OCH3 is 1. The molecule has 0 bridgehead atoms. The molecule has 0 spiro atoms. The summed E-state index contributed by atoms with van der Waals surface area (Å²) in [6, 6.07) is 7.19. The standard InChI is InChI=1S/C29H34N4O9S2/c1-17-22-25(34)33(29(2,3)27(35)36)28(37)32(26(22)43-23(17)24-30-12-15-41-24)16-21(19-8-6-7-9-20(19)40-4)42-18-10-13-31(14-11-18)44(5,38)39/h6-9,12,15,18,21H,10-11,13-14,16H2,1-5H3,(H,35,36). The lowest BCUT2D eigenvalue weighted by atomic mass is 10.0. The summed E-state index contributed by atoms with van der Waals surface area (Å²) in [5.41, 5.74) is -2.28. The van der Waals surface area contributed by atoms with Crippen molar-refractivity contribution in [2.75, 3.05) is 26.5 Å². The summed E-state index contributed by atoms with van der Waals surface area (Å²) in [5.74, 6) is -0.572. The molecule has 0 saturated carbocycles. The van der Waals surface area contributed by atoms with Crippen molar-refractivity contribution in [2.45, 2.75) is 57.9 Å². The van der Waals surface area contributed by atoms with Crippen LogP contribution in [0.1, 0.15) is 43.9 Å². The number of aliphatic carboxylic acids is 1. The third kappa shape index (κ3) is 5.72. The van der Waals surface area contributed by atoms with E-state index in [-0.39, 0.29) is 37.0 Å². The van der Waals surface area contributed by atoms with E-state index in [0.717, 1.165) is 15.9 Å². The number of sulfonamides is 1. The molecule has 13 nitrogen and oxygen atoms in total. The summed E-state index contributed by atoms with van der Waals surface area (Å²) in [5, 5.41) is 10.2. The number of benzene rings is 1. The van der Waals surface area contributed by atoms with Gasteiger partial charge in [-0.25, -0.2) is 31.9 Å². The van der Waals surface area contributed by atoms with E-state index in [0.29, 0.717) is 39.4 Å². The van der Waals surface area contributed by atoms with Gasteiger partial charge in [-0.2, -0.15) is 0 Å². The minimum atomic E-state index is -3.35. The number of hydrogen-bond acceptors (Lipinski definition) is 10. The minimum Gasteiger partial charge on any atom is -0.496 e. The second kappa shape index (κ2) is 12.0. The van der Waals surface area contributed by atoms with Crippen LogP contribution in [0.15, 0.2) is 50.7 Å². The summed E-state index contributed by atoms with van der Waals surface area (Å²) >= 11 is 1.15. The number of thiophene rings is 1. The molecule has 1 aliphatic heterocycles. The van der Waals surface area contributed by atoms with E-state index in [2.05, 4.69) is 4.98 Å². The van der Waals surface area contributed by atoms with Gasteiger partial charge in [-0.3, -0.25) is 9.36 Å². The van der Waals surface area contributed by atoms with Gasteiger partial charge in [-0.1, -0.05) is 18.2 Å². The summed E-state index contributed by atoms with van der Waals surface area (Å²) < 4.78 is 45.4. The molecule has 15 heteroatoms. The summed E-state index contributed by atoms with van der Waals surface area (Å²) in [6.07, 6.45) is 3.78. The van der Waals surface area contributed by atoms with Crippen LogP contribution < -0.4 is 16.0 Å². The van der Waals surface area contributed by atoms with E-state index in [1.807, 2.05) is 12.1 Å². The van der Waals surface area contributed by atoms with Crippen LogP contribution in [0, 0.1) is 6.92 Å². The van der Waals surface area contributed by atoms with Crippen molar-refractivity contribution in [1.29, 1.82) is 0 Å². The Kier molecular flexibility index (Phi) is 8.59. The van der Waals surface area contributed by atoms with Gasteiger partial charge >= 0.3 is 11.7 Å². The normalized spacial score (nSPS) is 15.9. The molecule has 1 N–H and O–H groups in total. The fourth-order valence-corrected chi connectivity index (χ4v) is 7.60. The van der Waals surface area contributed by atoms with Crippen molar-refractivity contribution in [3.05, 3.63) is 68.7 Å². The van der Waals surface area contributed by atoms with E-state index in [1.165, 1.54) is 48.5 Å². The van der Waals surface area contributed by atoms with E-state index in [1.54, 1.807) is 19.1 Å². The molecule has 4 heterocycles. The smallest absolute Gasteiger partial charge is 0.333 e. The van der Waals surface area contributed by atoms with E-state index >= 15 is 0 Å². The van der Waals surface area contributed by atoms with Crippen molar-refractivity contribution < 1.29 is 32.2 Å². The van der Waals surface area contributed by atoms with Crippen LogP contribution >= 0.6 is 11.3 Å². The highest BCUT2D eigenvalue weighted by molar-refractivity contribution is 7.88. The van der Waals surface area contributed by atoms with Gasteiger partial charge in [0.05, 0.1) is 42.5 Å². The Labute approximate surface area is 257 Å². The van der Waals surface area contributed by atoms with Gasteiger partial charge in [-0.15, -0.1) is 11.3 Å². The van der Waals surface area contributed by atoms with E-state index in [4.69, 9.17) is 13.9 Å². The molecule has 236 valence electrons. The van der Waals surface area contributed by atoms with Crippen molar-refractivity contribution >= 4 is 37.5 Å². The number of hydrogen-bond donors (Lipinski definition) is 1. The Morgan fingerprint density at radius 1 is 1.23 bits per heavy atom. The lowest BCUT2D eigenvalue weighted by molar-refractivity contribution is -0.146. The van der Waals surface area contributed by atoms with E-state index in [9.17, 15) is 27.9 Å². The monoisotopic (exact) mass is 646 g/mol. The lowest BCUT2D eigenvalue weighted by Gasteiger charge is -2.33. The summed E-state index contributed by atoms with van der Waals surface area (Å²) in [4.78, 5) is 45.5. The Morgan fingerprint density at radius 3 is 2.50 bits per heavy atom. The lowest BCUT2D eigenvalue weighted by Crippen LogP contribution is -2.52. The van der Waals surface area contributed by atoms with Gasteiger partial charge in [-0.05, 0) is 45.2 Å². The molecule has 3 aromatic heterocycles. The first-order valence-electron chi connectivity index (χ1n) is 13.9. The molecular weight excluding hydrogens is 612 g/mol. The molecule has 1 aromatic carbocycles. The Bertz CT molecular complexity index is 1920. The quantitative estimate of drug-likeness (QED) is 0.271. The molecule has 1 saturated heterocycles. The average molecular weight is 647 g/mol. The largest absolute Gasteiger partial charge is 0.496 e. The minimum absolute atomic E-state index is 0.0943. The zero-order valence-electron chi connectivity index (χ0n) is 25.0. The van der Waals surface area contributed by atoms with Gasteiger partial charge in [0.2, 0.25) is 15.9 Å². The van der Waals surface area contributed by atoms with Crippen LogP contribution in [0.4, 0.5) is 0 Å². The first-order valence-corrected chi connectivity index (χ1v) is 16.6. The molecule has 5 rings (SSSR count). The maximum atomic E-state index is 14.2. The highest BCUT2D eigenvalue weighted by Gasteiger charge is 2.37. The zero-order chi connectivity index (χ0) is 32.0. The van der Waals surface area contributed by atoms with Crippen molar-refractivity contribution in [2.24, 2.45) is 0 Å². The molecule has 1 atom stereocenters. The van der Waals surface area contributed by atoms with Crippen LogP contribution in [0.2, 0.25) is 0 Å². The van der Waals surface area contributed by atoms with Gasteiger partial charge in [0.25, 0.3) is 5.56 Å². The second-order valence-electron chi connectivity index (χ2n) is 11.2. The third-order valence-corrected chi connectivity index (χ3v) is 10.6. The predicted molar refractivity (Wildman–Crippen MR) is 164 cm³/mol. The Morgan fingerprint density at radius 2 is 1.91 bits per heavy atom. The van der Waals surface area contributed by atoms with Gasteiger partial charge in [0, 0.05) is 18.7 Å². The fraction of sp³-hybridized carbons (Fsp3) is 0.448. The molecule has 1 aliphatic rings. The maximum absolute atomic E-state index is 14.2. The number of fused-ring (bicyclic) bond motifs is 1. The van der Waals surface area contributed by atoms with Gasteiger partial charge in [0.1, 0.15) is 28.5 Å². The molecule has 0 radical (unpaired) electrons. The van der Waals surface area contributed by atoms with E-state index < -0.39 is 38.9 Å². The molecule has 4 aromatic rings. The highest BCUT2D eigenvalue weighted by atomic mass is 32.2. The average Bonchev–Trinajstić information content (AvgIpc) is 3.62. The first kappa shape index (κ1) is 31.6. The Hall–Kier alpha value is -3.79. The Balaban J connectivity index is 1.69. The van der Waals surface area contributed by atoms with Crippen LogP contribution in [0.5, 0.6) is 5.75 Å². The number of carboxylic acids is 1. The first-order chi connectivity index (χ1) is 20.8. The SMILES string of the molecule is COc1ccccc1C(Cn1c(=O)n(C(C)(C)C(=O)O)c(=O)c2c(C)c(-c3ncco3)sc21)OC1CCN(S(C)(=O)=O)CC1. The molecule has 0 amide bonds. The molecule has 1 fully saturated rings. The van der Waals surface area contributed by atoms with Gasteiger partial charge < -0.3 is 19.0 Å². The number of nitrogens with zero attached hydrogens (tertiary/aromatic N) is 4. The molecule has 1 unspecified atom stereocenters. The topological polar surface area (TPSA) is 163 Å². The van der Waals surface area contributed by atoms with Crippen molar-refractivity contribution in [3.8, 4) is 16.5 Å². The van der Waals surface area contributed by atoms with Gasteiger partial charge in [0.15, 0.2) is 0 Å². The fourth-order valence-electron chi connectivity index (χ4n) is 5.48. The maximum Gasteiger partial charge on any atom is 0.333 e. The number of ether oxygens (including phenoxy) is 2. The van der Waals surface area contributed by atoms with Crippen LogP contribution in [-0.4, -0.2) is 70.5 Å². The summed E-state index contributed by atoms with van der Waals surface area (Å²) in [7, 11) is -1.83. The third-order valence-electron chi connectivity index (χ3n) is 7.98. The summed E-state index contributed by atoms with van der Waals surface area (Å²) in [6.45, 7) is 4.78. The number of carboxylic acid groups (broad SMARTS) is 1. The second-order valence-corrected chi connectivity index (χ2v) is 14.2. The zero-order valence-corrected chi connectivity index (χ0v) is 26.6. The van der Waals surface area contributed by atoms with Crippen molar-refractivity contribution in [1.82, 2.24) is 18.4 Å². The molecule has 44 heavy (non-hydrogen) atoms. The number of para-hydroxylation sites is 1. The van der Waals surface area contributed by atoms with Crippen LogP contribution in [-0.2, 0) is 31.6 Å². The number of carbonyl (C=O) groups is 1. The number of piperidine rings is 1. The van der Waals surface area contributed by atoms with Crippen molar-refractivity contribution in [3.63, 3.8) is 0 Å². The number of rotatable bonds is 10. The molecule has 0 aliphatic carbocycles. The highest BCUT2D eigenvalue weighted by Crippen LogP contribution is 2.38. The number of aromatic nitrogens is 3. The predicted octanol–water partition coefficient (Wildman–Crippen LogP) is 3.20.